The molecule has 0 aromatic heterocycles. The van der Waals surface area contributed by atoms with Gasteiger partial charge in [-0.1, -0.05) is 131 Å². The maximum atomic E-state index is 2.52. The summed E-state index contributed by atoms with van der Waals surface area (Å²) >= 11 is 0. The zero-order chi connectivity index (χ0) is 25.4. The van der Waals surface area contributed by atoms with Gasteiger partial charge < -0.3 is 0 Å². The zero-order valence-corrected chi connectivity index (χ0v) is 23.8. The molecule has 2 aromatic rings. The molecule has 0 heteroatoms. The summed E-state index contributed by atoms with van der Waals surface area (Å²) in [5, 5.41) is 0. The first-order valence-electron chi connectivity index (χ1n) is 13.2. The molecular weight excluding hydrogens is 408 g/mol. The van der Waals surface area contributed by atoms with Crippen LogP contribution in [-0.2, 0) is 22.7 Å². The van der Waals surface area contributed by atoms with Crippen LogP contribution in [0.5, 0.6) is 0 Å². The largest absolute Gasteiger partial charge is 0.0738 e. The minimum Gasteiger partial charge on any atom is -0.0738 e. The number of allylic oxidation sites excluding steroid dienone is 4. The number of benzene rings is 2. The lowest BCUT2D eigenvalue weighted by atomic mass is 9.66. The van der Waals surface area contributed by atoms with Crippen molar-refractivity contribution in [3.8, 4) is 11.1 Å². The Morgan fingerprint density at radius 2 is 1.32 bits per heavy atom. The van der Waals surface area contributed by atoms with Gasteiger partial charge in [-0.3, -0.25) is 0 Å². The summed E-state index contributed by atoms with van der Waals surface area (Å²) in [6, 6.07) is 12.0. The van der Waals surface area contributed by atoms with E-state index in [2.05, 4.69) is 126 Å². The Bertz CT molecular complexity index is 1190. The van der Waals surface area contributed by atoms with Gasteiger partial charge in [0.1, 0.15) is 0 Å². The SMILES string of the molecule is CC1C=C(C(C)(C)C)C=C1C(C)(C)c1c(C(C)(C)C)ccc2c1Cc1cc(C(C)(C)C)ccc1-2. The molecule has 2 aromatic carbocycles. The minimum atomic E-state index is -0.0359. The van der Waals surface area contributed by atoms with Crippen LogP contribution in [0.1, 0.15) is 111 Å². The quantitative estimate of drug-likeness (QED) is 0.361. The van der Waals surface area contributed by atoms with Crippen LogP contribution in [0.25, 0.3) is 11.1 Å². The van der Waals surface area contributed by atoms with Crippen LogP contribution in [0.3, 0.4) is 0 Å². The van der Waals surface area contributed by atoms with Crippen molar-refractivity contribution in [3.05, 3.63) is 81.4 Å². The predicted molar refractivity (Wildman–Crippen MR) is 150 cm³/mol. The molecule has 2 aliphatic carbocycles. The molecule has 0 saturated carbocycles. The molecule has 0 spiro atoms. The Balaban J connectivity index is 1.92. The van der Waals surface area contributed by atoms with Crippen LogP contribution in [0.4, 0.5) is 0 Å². The van der Waals surface area contributed by atoms with Crippen molar-refractivity contribution in [2.75, 3.05) is 0 Å². The van der Waals surface area contributed by atoms with E-state index >= 15 is 0 Å². The Morgan fingerprint density at radius 3 is 1.85 bits per heavy atom. The normalized spacial score (nSPS) is 18.5. The highest BCUT2D eigenvalue weighted by molar-refractivity contribution is 5.80. The maximum Gasteiger partial charge on any atom is 0.0120 e. The molecule has 0 nitrogen and oxygen atoms in total. The van der Waals surface area contributed by atoms with Gasteiger partial charge in [0.2, 0.25) is 0 Å². The van der Waals surface area contributed by atoms with Crippen molar-refractivity contribution >= 4 is 0 Å². The van der Waals surface area contributed by atoms with Crippen molar-refractivity contribution in [1.29, 1.82) is 0 Å². The summed E-state index contributed by atoms with van der Waals surface area (Å²) < 4.78 is 0. The van der Waals surface area contributed by atoms with E-state index in [0.29, 0.717) is 5.92 Å². The molecule has 182 valence electrons. The highest BCUT2D eigenvalue weighted by Gasteiger charge is 2.40. The van der Waals surface area contributed by atoms with Gasteiger partial charge in [0.05, 0.1) is 0 Å². The molecular formula is C34H46. The van der Waals surface area contributed by atoms with Gasteiger partial charge in [0.25, 0.3) is 0 Å². The van der Waals surface area contributed by atoms with Crippen LogP contribution in [0.2, 0.25) is 0 Å². The fraction of sp³-hybridized carbons (Fsp3) is 0.529. The molecule has 0 fully saturated rings. The molecule has 0 N–H and O–H groups in total. The second-order valence-electron chi connectivity index (χ2n) is 14.4. The van der Waals surface area contributed by atoms with Crippen LogP contribution in [-0.4, -0.2) is 0 Å². The Kier molecular flexibility index (Phi) is 5.67. The number of hydrogen-bond donors (Lipinski definition) is 0. The first kappa shape index (κ1) is 25.0. The molecule has 0 radical (unpaired) electrons. The average Bonchev–Trinajstić information content (AvgIpc) is 3.25. The van der Waals surface area contributed by atoms with Gasteiger partial charge in [-0.2, -0.15) is 0 Å². The number of fused-ring (bicyclic) bond motifs is 3. The van der Waals surface area contributed by atoms with Gasteiger partial charge in [-0.05, 0) is 73.1 Å². The summed E-state index contributed by atoms with van der Waals surface area (Å²) in [6.45, 7) is 28.4. The van der Waals surface area contributed by atoms with Crippen LogP contribution < -0.4 is 0 Å². The third-order valence-electron chi connectivity index (χ3n) is 8.19. The predicted octanol–water partition coefficient (Wildman–Crippen LogP) is 9.68. The number of rotatable bonds is 2. The molecule has 0 heterocycles. The standard InChI is InChI=1S/C34H46/c1-21-17-24(32(5,6)7)20-29(21)34(11,12)30-27-19-22-18-23(31(2,3)4)13-14-25(22)26(27)15-16-28(30)33(8,9)10/h13-18,20-21H,19H2,1-12H3. The molecule has 0 amide bonds. The lowest BCUT2D eigenvalue weighted by molar-refractivity contribution is 0.516. The topological polar surface area (TPSA) is 0 Å². The summed E-state index contributed by atoms with van der Waals surface area (Å²) in [4.78, 5) is 0. The molecule has 1 atom stereocenters. The van der Waals surface area contributed by atoms with E-state index in [-0.39, 0.29) is 21.7 Å². The summed E-state index contributed by atoms with van der Waals surface area (Å²) in [6.07, 6.45) is 6.07. The molecule has 0 bridgehead atoms. The van der Waals surface area contributed by atoms with Crippen molar-refractivity contribution in [1.82, 2.24) is 0 Å². The lowest BCUT2D eigenvalue weighted by Crippen LogP contribution is -2.29. The highest BCUT2D eigenvalue weighted by atomic mass is 14.4. The van der Waals surface area contributed by atoms with E-state index in [1.807, 2.05) is 0 Å². The minimum absolute atomic E-state index is 0.0359. The fourth-order valence-corrected chi connectivity index (χ4v) is 6.15. The van der Waals surface area contributed by atoms with E-state index in [0.717, 1.165) is 6.42 Å². The molecule has 34 heavy (non-hydrogen) atoms. The Labute approximate surface area is 209 Å². The average molecular weight is 455 g/mol. The van der Waals surface area contributed by atoms with Gasteiger partial charge in [-0.15, -0.1) is 0 Å². The summed E-state index contributed by atoms with van der Waals surface area (Å²) in [5.74, 6) is 0.462. The molecule has 0 aliphatic heterocycles. The monoisotopic (exact) mass is 454 g/mol. The highest BCUT2D eigenvalue weighted by Crippen LogP contribution is 2.51. The smallest absolute Gasteiger partial charge is 0.0120 e. The third kappa shape index (κ3) is 4.12. The van der Waals surface area contributed by atoms with E-state index in [1.165, 1.54) is 33.4 Å². The molecule has 4 rings (SSSR count). The van der Waals surface area contributed by atoms with E-state index in [9.17, 15) is 0 Å². The van der Waals surface area contributed by atoms with E-state index in [1.54, 1.807) is 16.7 Å². The van der Waals surface area contributed by atoms with E-state index in [4.69, 9.17) is 0 Å². The molecule has 2 aliphatic rings. The molecule has 0 saturated heterocycles. The van der Waals surface area contributed by atoms with Crippen molar-refractivity contribution < 1.29 is 0 Å². The number of hydrogen-bond acceptors (Lipinski definition) is 0. The van der Waals surface area contributed by atoms with Crippen LogP contribution >= 0.6 is 0 Å². The molecule has 1 unspecified atom stereocenters. The summed E-state index contributed by atoms with van der Waals surface area (Å²) in [5.41, 5.74) is 13.9. The van der Waals surface area contributed by atoms with Gasteiger partial charge in [-0.25, -0.2) is 0 Å². The first-order valence-corrected chi connectivity index (χ1v) is 13.2. The second kappa shape index (κ2) is 7.71. The first-order chi connectivity index (χ1) is 15.4. The van der Waals surface area contributed by atoms with Gasteiger partial charge >= 0.3 is 0 Å². The van der Waals surface area contributed by atoms with Crippen molar-refractivity contribution in [2.45, 2.75) is 106 Å². The zero-order valence-electron chi connectivity index (χ0n) is 23.8. The fourth-order valence-electron chi connectivity index (χ4n) is 6.15. The Hall–Kier alpha value is -2.08. The summed E-state index contributed by atoms with van der Waals surface area (Å²) in [7, 11) is 0. The van der Waals surface area contributed by atoms with Gasteiger partial charge in [0, 0.05) is 5.41 Å². The van der Waals surface area contributed by atoms with Crippen molar-refractivity contribution in [3.63, 3.8) is 0 Å². The van der Waals surface area contributed by atoms with Crippen LogP contribution in [0, 0.1) is 11.3 Å². The third-order valence-corrected chi connectivity index (χ3v) is 8.19. The Morgan fingerprint density at radius 1 is 0.706 bits per heavy atom. The van der Waals surface area contributed by atoms with E-state index < -0.39 is 0 Å². The maximum absolute atomic E-state index is 2.52. The van der Waals surface area contributed by atoms with Crippen molar-refractivity contribution in [2.24, 2.45) is 11.3 Å². The van der Waals surface area contributed by atoms with Gasteiger partial charge in [0.15, 0.2) is 0 Å². The second-order valence-corrected chi connectivity index (χ2v) is 14.4. The van der Waals surface area contributed by atoms with Crippen LogP contribution in [0.15, 0.2) is 53.6 Å². The lowest BCUT2D eigenvalue weighted by Gasteiger charge is -2.37.